The summed E-state index contributed by atoms with van der Waals surface area (Å²) in [6.07, 6.45) is 7.77. The topological polar surface area (TPSA) is 131 Å². The van der Waals surface area contributed by atoms with E-state index in [4.69, 9.17) is 5.73 Å². The first kappa shape index (κ1) is 31.3. The number of anilines is 3. The number of halogens is 1. The van der Waals surface area contributed by atoms with Crippen molar-refractivity contribution in [1.82, 2.24) is 5.32 Å². The van der Waals surface area contributed by atoms with Crippen LogP contribution in [-0.4, -0.2) is 49.1 Å². The number of nitrogen functional groups attached to an aromatic ring is 1. The summed E-state index contributed by atoms with van der Waals surface area (Å²) in [5.41, 5.74) is 8.75. The molecule has 0 aliphatic carbocycles. The van der Waals surface area contributed by atoms with Crippen LogP contribution in [0.3, 0.4) is 0 Å². The monoisotopic (exact) mass is 566 g/mol. The molecule has 3 saturated heterocycles. The maximum absolute atomic E-state index is 12.2. The molecule has 220 valence electrons. The molecule has 10 nitrogen and oxygen atoms in total. The van der Waals surface area contributed by atoms with Crippen molar-refractivity contribution in [2.45, 2.75) is 38.5 Å². The van der Waals surface area contributed by atoms with Crippen molar-refractivity contribution < 1.29 is 14.2 Å². The summed E-state index contributed by atoms with van der Waals surface area (Å²) in [4.78, 5) is 24.1. The van der Waals surface area contributed by atoms with Crippen LogP contribution in [0.25, 0.3) is 0 Å². The van der Waals surface area contributed by atoms with E-state index in [9.17, 15) is 24.6 Å². The van der Waals surface area contributed by atoms with Crippen LogP contribution in [0, 0.1) is 26.0 Å². The Bertz CT molecular complexity index is 1240. The third kappa shape index (κ3) is 11.0. The number of nitrogens with one attached hydrogen (secondary N) is 1. The zero-order valence-electron chi connectivity index (χ0n) is 23.3. The molecule has 0 saturated carbocycles. The Morgan fingerprint density at radius 1 is 0.659 bits per heavy atom. The molecule has 3 fully saturated rings. The van der Waals surface area contributed by atoms with E-state index in [0.717, 1.165) is 36.6 Å². The maximum atomic E-state index is 12.2. The number of hydrogen-bond acceptors (Lipinski definition) is 8. The van der Waals surface area contributed by atoms with E-state index in [-0.39, 0.29) is 16.3 Å². The second kappa shape index (κ2) is 16.8. The van der Waals surface area contributed by atoms with Crippen LogP contribution in [0.15, 0.2) is 72.8 Å². The molecule has 3 N–H and O–H groups in total. The van der Waals surface area contributed by atoms with Gasteiger partial charge in [0.1, 0.15) is 5.82 Å². The Labute approximate surface area is 240 Å². The average Bonchev–Trinajstić information content (AvgIpc) is 3.79. The molecule has 0 aromatic heterocycles. The Hall–Kier alpha value is -4.25. The molecule has 3 aliphatic heterocycles. The summed E-state index contributed by atoms with van der Waals surface area (Å²) in [5.74, 6) is -0.589. The van der Waals surface area contributed by atoms with Gasteiger partial charge in [0.05, 0.1) is 15.9 Å². The molecule has 3 heterocycles. The van der Waals surface area contributed by atoms with Crippen molar-refractivity contribution in [2.75, 3.05) is 54.8 Å². The van der Waals surface area contributed by atoms with E-state index in [1.54, 1.807) is 12.1 Å². The summed E-state index contributed by atoms with van der Waals surface area (Å²) in [6.45, 7) is 6.90. The molecule has 3 aromatic rings. The first-order valence-electron chi connectivity index (χ1n) is 14.0. The highest BCUT2D eigenvalue weighted by Crippen LogP contribution is 2.24. The lowest BCUT2D eigenvalue weighted by Gasteiger charge is -2.17. The van der Waals surface area contributed by atoms with Gasteiger partial charge in [-0.3, -0.25) is 20.2 Å². The molecule has 0 amide bonds. The molecule has 0 spiro atoms. The third-order valence-electron chi connectivity index (χ3n) is 6.83. The molecular formula is C30H39FN6O4. The minimum atomic E-state index is -0.636. The van der Waals surface area contributed by atoms with Gasteiger partial charge in [-0.25, -0.2) is 4.39 Å². The van der Waals surface area contributed by atoms with Gasteiger partial charge in [-0.15, -0.1) is 0 Å². The Balaban J connectivity index is 0.000000158. The quantitative estimate of drug-likeness (QED) is 0.218. The average molecular weight is 567 g/mol. The van der Waals surface area contributed by atoms with Crippen molar-refractivity contribution in [3.63, 3.8) is 0 Å². The van der Waals surface area contributed by atoms with Gasteiger partial charge in [0.15, 0.2) is 0 Å². The van der Waals surface area contributed by atoms with Crippen LogP contribution in [0.1, 0.15) is 38.5 Å². The molecular weight excluding hydrogens is 527 g/mol. The first-order valence-corrected chi connectivity index (χ1v) is 14.0. The standard InChI is InChI=1S/C10H12N2O2.C10H14N2.C6H4FNO2.C4H9N/c13-12(14)10-5-3-4-9(8-10)11-6-1-2-7-11;11-9-4-3-5-10(8-9)12-6-1-2-7-12;7-5-2-1-3-6(4-5)8(9)10;1-2-4-5-3-1/h3-5,8H,1-2,6-7H2;3-5,8H,1-2,6-7,11H2;1-4H;5H,1-4H2. The van der Waals surface area contributed by atoms with Crippen molar-refractivity contribution in [3.05, 3.63) is 98.8 Å². The number of benzene rings is 3. The Morgan fingerprint density at radius 3 is 1.54 bits per heavy atom. The second-order valence-electron chi connectivity index (χ2n) is 9.95. The molecule has 0 bridgehead atoms. The highest BCUT2D eigenvalue weighted by Gasteiger charge is 2.15. The van der Waals surface area contributed by atoms with Gasteiger partial charge in [-0.05, 0) is 81.9 Å². The molecule has 3 aliphatic rings. The lowest BCUT2D eigenvalue weighted by Crippen LogP contribution is -2.17. The van der Waals surface area contributed by atoms with Crippen molar-refractivity contribution in [2.24, 2.45) is 0 Å². The maximum Gasteiger partial charge on any atom is 0.272 e. The number of hydrogen-bond donors (Lipinski definition) is 2. The Kier molecular flexibility index (Phi) is 12.8. The largest absolute Gasteiger partial charge is 0.399 e. The number of nitrogens with two attached hydrogens (primary N) is 1. The number of rotatable bonds is 4. The van der Waals surface area contributed by atoms with Crippen LogP contribution >= 0.6 is 0 Å². The zero-order chi connectivity index (χ0) is 29.5. The van der Waals surface area contributed by atoms with Gasteiger partial charge in [0, 0.05) is 61.4 Å². The van der Waals surface area contributed by atoms with Gasteiger partial charge in [-0.1, -0.05) is 18.2 Å². The van der Waals surface area contributed by atoms with E-state index in [1.165, 1.54) is 88.6 Å². The van der Waals surface area contributed by atoms with E-state index < -0.39 is 10.7 Å². The summed E-state index contributed by atoms with van der Waals surface area (Å²) < 4.78 is 12.2. The summed E-state index contributed by atoms with van der Waals surface area (Å²) >= 11 is 0. The second-order valence-corrected chi connectivity index (χ2v) is 9.95. The first-order chi connectivity index (χ1) is 19.8. The fourth-order valence-electron chi connectivity index (χ4n) is 4.69. The van der Waals surface area contributed by atoms with E-state index in [1.807, 2.05) is 24.3 Å². The van der Waals surface area contributed by atoms with Gasteiger partial charge < -0.3 is 20.9 Å². The minimum absolute atomic E-state index is 0.175. The van der Waals surface area contributed by atoms with Gasteiger partial charge in [0.2, 0.25) is 0 Å². The summed E-state index contributed by atoms with van der Waals surface area (Å²) in [6, 6.07) is 19.5. The molecule has 3 aromatic carbocycles. The predicted molar refractivity (Wildman–Crippen MR) is 162 cm³/mol. The summed E-state index contributed by atoms with van der Waals surface area (Å²) in [5, 5.41) is 23.8. The van der Waals surface area contributed by atoms with Crippen molar-refractivity contribution >= 4 is 28.4 Å². The van der Waals surface area contributed by atoms with Crippen molar-refractivity contribution in [1.29, 1.82) is 0 Å². The SMILES string of the molecule is C1CCNC1.Nc1cccc(N2CCCC2)c1.O=[N+]([O-])c1cccc(F)c1.O=[N+]([O-])c1cccc(N2CCCC2)c1. The van der Waals surface area contributed by atoms with E-state index >= 15 is 0 Å². The number of nitrogens with zero attached hydrogens (tertiary/aromatic N) is 4. The molecule has 6 rings (SSSR count). The Morgan fingerprint density at radius 2 is 1.12 bits per heavy atom. The number of nitro benzene ring substituents is 2. The molecule has 0 radical (unpaired) electrons. The molecule has 11 heteroatoms. The highest BCUT2D eigenvalue weighted by atomic mass is 19.1. The lowest BCUT2D eigenvalue weighted by atomic mass is 10.2. The van der Waals surface area contributed by atoms with Crippen LogP contribution in [0.5, 0.6) is 0 Å². The minimum Gasteiger partial charge on any atom is -0.399 e. The number of nitro groups is 2. The third-order valence-corrected chi connectivity index (χ3v) is 6.83. The molecule has 0 atom stereocenters. The number of non-ortho nitro benzene ring substituents is 2. The highest BCUT2D eigenvalue weighted by molar-refractivity contribution is 5.56. The van der Waals surface area contributed by atoms with E-state index in [0.29, 0.717) is 0 Å². The fraction of sp³-hybridized carbons (Fsp3) is 0.400. The fourth-order valence-corrected chi connectivity index (χ4v) is 4.69. The smallest absolute Gasteiger partial charge is 0.272 e. The lowest BCUT2D eigenvalue weighted by molar-refractivity contribution is -0.385. The van der Waals surface area contributed by atoms with Crippen LogP contribution in [0.2, 0.25) is 0 Å². The molecule has 41 heavy (non-hydrogen) atoms. The van der Waals surface area contributed by atoms with Crippen LogP contribution < -0.4 is 20.9 Å². The van der Waals surface area contributed by atoms with Crippen molar-refractivity contribution in [3.8, 4) is 0 Å². The summed E-state index contributed by atoms with van der Waals surface area (Å²) in [7, 11) is 0. The van der Waals surface area contributed by atoms with Gasteiger partial charge >= 0.3 is 0 Å². The van der Waals surface area contributed by atoms with Gasteiger partial charge in [-0.2, -0.15) is 0 Å². The van der Waals surface area contributed by atoms with Crippen LogP contribution in [0.4, 0.5) is 32.8 Å². The normalized spacial score (nSPS) is 15.5. The van der Waals surface area contributed by atoms with Crippen LogP contribution in [-0.2, 0) is 0 Å². The van der Waals surface area contributed by atoms with E-state index in [2.05, 4.69) is 21.2 Å². The zero-order valence-corrected chi connectivity index (χ0v) is 23.3. The predicted octanol–water partition coefficient (Wildman–Crippen LogP) is 6.17. The molecule has 0 unspecified atom stereocenters. The van der Waals surface area contributed by atoms with Gasteiger partial charge in [0.25, 0.3) is 11.4 Å².